The molecule has 0 unspecified atom stereocenters. The lowest BCUT2D eigenvalue weighted by atomic mass is 10.1. The van der Waals surface area contributed by atoms with Crippen LogP contribution in [0, 0.1) is 25.2 Å². The van der Waals surface area contributed by atoms with Gasteiger partial charge < -0.3 is 5.32 Å². The predicted molar refractivity (Wildman–Crippen MR) is 74.4 cm³/mol. The molecule has 2 heteroatoms. The van der Waals surface area contributed by atoms with Gasteiger partial charge in [0, 0.05) is 12.2 Å². The monoisotopic (exact) mass is 236 g/mol. The normalized spacial score (nSPS) is 9.83. The number of rotatable bonds is 3. The summed E-state index contributed by atoms with van der Waals surface area (Å²) in [4.78, 5) is 0. The first kappa shape index (κ1) is 12.2. The molecule has 0 aliphatic carbocycles. The standard InChI is InChI=1S/C16H16N2/c1-12-6-7-16(8-13(12)2)18-11-15-5-3-4-14(9-15)10-17/h3-9,18H,11H2,1-2H3. The van der Waals surface area contributed by atoms with Crippen LogP contribution in [0.3, 0.4) is 0 Å². The second kappa shape index (κ2) is 5.37. The number of nitrogens with one attached hydrogen (secondary N) is 1. The Labute approximate surface area is 108 Å². The number of benzene rings is 2. The van der Waals surface area contributed by atoms with Crippen molar-refractivity contribution < 1.29 is 0 Å². The van der Waals surface area contributed by atoms with Gasteiger partial charge in [0.1, 0.15) is 0 Å². The second-order valence-electron chi connectivity index (χ2n) is 4.46. The van der Waals surface area contributed by atoms with Crippen LogP contribution in [0.15, 0.2) is 42.5 Å². The zero-order valence-electron chi connectivity index (χ0n) is 10.7. The molecule has 0 atom stereocenters. The third-order valence-corrected chi connectivity index (χ3v) is 3.06. The van der Waals surface area contributed by atoms with Gasteiger partial charge in [-0.05, 0) is 54.8 Å². The maximum Gasteiger partial charge on any atom is 0.0991 e. The maximum atomic E-state index is 8.84. The Morgan fingerprint density at radius 1 is 1.06 bits per heavy atom. The Bertz CT molecular complexity index is 594. The van der Waals surface area contributed by atoms with Crippen molar-refractivity contribution in [2.24, 2.45) is 0 Å². The van der Waals surface area contributed by atoms with Crippen molar-refractivity contribution in [2.75, 3.05) is 5.32 Å². The van der Waals surface area contributed by atoms with Crippen molar-refractivity contribution in [2.45, 2.75) is 20.4 Å². The van der Waals surface area contributed by atoms with Crippen LogP contribution in [-0.2, 0) is 6.54 Å². The minimum Gasteiger partial charge on any atom is -0.381 e. The minimum atomic E-state index is 0.703. The molecular weight excluding hydrogens is 220 g/mol. The predicted octanol–water partition coefficient (Wildman–Crippen LogP) is 3.79. The van der Waals surface area contributed by atoms with Crippen molar-refractivity contribution >= 4 is 5.69 Å². The van der Waals surface area contributed by atoms with Gasteiger partial charge in [-0.3, -0.25) is 0 Å². The summed E-state index contributed by atoms with van der Waals surface area (Å²) in [6.45, 7) is 4.95. The molecule has 0 aliphatic rings. The van der Waals surface area contributed by atoms with Gasteiger partial charge in [0.15, 0.2) is 0 Å². The molecule has 2 aromatic carbocycles. The lowest BCUT2D eigenvalue weighted by molar-refractivity contribution is 1.14. The SMILES string of the molecule is Cc1ccc(NCc2cccc(C#N)c2)cc1C. The van der Waals surface area contributed by atoms with Crippen molar-refractivity contribution in [3.63, 3.8) is 0 Å². The van der Waals surface area contributed by atoms with Gasteiger partial charge in [-0.25, -0.2) is 0 Å². The van der Waals surface area contributed by atoms with Crippen molar-refractivity contribution in [3.8, 4) is 6.07 Å². The highest BCUT2D eigenvalue weighted by Crippen LogP contribution is 2.15. The van der Waals surface area contributed by atoms with E-state index in [1.54, 1.807) is 0 Å². The molecule has 0 saturated carbocycles. The molecule has 1 N–H and O–H groups in total. The average Bonchev–Trinajstić information content (AvgIpc) is 2.40. The zero-order valence-corrected chi connectivity index (χ0v) is 10.7. The van der Waals surface area contributed by atoms with E-state index in [9.17, 15) is 0 Å². The molecule has 0 saturated heterocycles. The van der Waals surface area contributed by atoms with E-state index in [2.05, 4.69) is 43.4 Å². The fraction of sp³-hybridized carbons (Fsp3) is 0.188. The van der Waals surface area contributed by atoms with Gasteiger partial charge >= 0.3 is 0 Å². The molecule has 90 valence electrons. The van der Waals surface area contributed by atoms with E-state index in [4.69, 9.17) is 5.26 Å². The van der Waals surface area contributed by atoms with Crippen LogP contribution >= 0.6 is 0 Å². The zero-order chi connectivity index (χ0) is 13.0. The Balaban J connectivity index is 2.07. The van der Waals surface area contributed by atoms with E-state index in [1.807, 2.05) is 24.3 Å². The molecule has 0 bridgehead atoms. The van der Waals surface area contributed by atoms with E-state index < -0.39 is 0 Å². The average molecular weight is 236 g/mol. The fourth-order valence-electron chi connectivity index (χ4n) is 1.81. The Hall–Kier alpha value is -2.27. The summed E-state index contributed by atoms with van der Waals surface area (Å²) in [6.07, 6.45) is 0. The van der Waals surface area contributed by atoms with E-state index in [0.29, 0.717) is 5.56 Å². The molecule has 0 aliphatic heterocycles. The largest absolute Gasteiger partial charge is 0.381 e. The highest BCUT2D eigenvalue weighted by Gasteiger charge is 1.98. The molecule has 0 aromatic heterocycles. The molecule has 0 radical (unpaired) electrons. The summed E-state index contributed by atoms with van der Waals surface area (Å²) in [7, 11) is 0. The molecule has 2 aromatic rings. The van der Waals surface area contributed by atoms with Crippen LogP contribution in [0.2, 0.25) is 0 Å². The highest BCUT2D eigenvalue weighted by molar-refractivity contribution is 5.48. The molecule has 2 rings (SSSR count). The third kappa shape index (κ3) is 2.89. The number of hydrogen-bond acceptors (Lipinski definition) is 2. The molecule has 2 nitrogen and oxygen atoms in total. The lowest BCUT2D eigenvalue weighted by Gasteiger charge is -2.09. The Morgan fingerprint density at radius 3 is 2.61 bits per heavy atom. The van der Waals surface area contributed by atoms with Crippen molar-refractivity contribution in [1.82, 2.24) is 0 Å². The number of anilines is 1. The number of nitriles is 1. The van der Waals surface area contributed by atoms with Crippen LogP contribution in [0.25, 0.3) is 0 Å². The smallest absolute Gasteiger partial charge is 0.0991 e. The van der Waals surface area contributed by atoms with Crippen LogP contribution < -0.4 is 5.32 Å². The topological polar surface area (TPSA) is 35.8 Å². The maximum absolute atomic E-state index is 8.84. The molecule has 0 fully saturated rings. The van der Waals surface area contributed by atoms with Gasteiger partial charge in [-0.2, -0.15) is 5.26 Å². The van der Waals surface area contributed by atoms with Gasteiger partial charge in [0.25, 0.3) is 0 Å². The molecular formula is C16H16N2. The molecule has 0 spiro atoms. The van der Waals surface area contributed by atoms with Gasteiger partial charge in [-0.1, -0.05) is 18.2 Å². The first-order chi connectivity index (χ1) is 8.69. The van der Waals surface area contributed by atoms with E-state index >= 15 is 0 Å². The van der Waals surface area contributed by atoms with E-state index in [0.717, 1.165) is 17.8 Å². The van der Waals surface area contributed by atoms with Crippen molar-refractivity contribution in [1.29, 1.82) is 5.26 Å². The first-order valence-corrected chi connectivity index (χ1v) is 5.99. The van der Waals surface area contributed by atoms with Crippen molar-refractivity contribution in [3.05, 3.63) is 64.7 Å². The van der Waals surface area contributed by atoms with Crippen LogP contribution in [-0.4, -0.2) is 0 Å². The molecule has 0 amide bonds. The summed E-state index contributed by atoms with van der Waals surface area (Å²) < 4.78 is 0. The van der Waals surface area contributed by atoms with Gasteiger partial charge in [0.05, 0.1) is 11.6 Å². The summed E-state index contributed by atoms with van der Waals surface area (Å²) in [6, 6.07) is 16.2. The Kier molecular flexibility index (Phi) is 3.64. The minimum absolute atomic E-state index is 0.703. The van der Waals surface area contributed by atoms with E-state index in [-0.39, 0.29) is 0 Å². The van der Waals surface area contributed by atoms with Crippen LogP contribution in [0.1, 0.15) is 22.3 Å². The van der Waals surface area contributed by atoms with E-state index in [1.165, 1.54) is 11.1 Å². The third-order valence-electron chi connectivity index (χ3n) is 3.06. The number of nitrogens with zero attached hydrogens (tertiary/aromatic N) is 1. The highest BCUT2D eigenvalue weighted by atomic mass is 14.9. The number of aryl methyl sites for hydroxylation is 2. The Morgan fingerprint density at radius 2 is 1.89 bits per heavy atom. The lowest BCUT2D eigenvalue weighted by Crippen LogP contribution is -2.00. The number of hydrogen-bond donors (Lipinski definition) is 1. The molecule has 18 heavy (non-hydrogen) atoms. The second-order valence-corrected chi connectivity index (χ2v) is 4.46. The molecule has 0 heterocycles. The van der Waals surface area contributed by atoms with Crippen LogP contribution in [0.5, 0.6) is 0 Å². The first-order valence-electron chi connectivity index (χ1n) is 5.99. The summed E-state index contributed by atoms with van der Waals surface area (Å²) >= 11 is 0. The quantitative estimate of drug-likeness (QED) is 0.880. The summed E-state index contributed by atoms with van der Waals surface area (Å²) in [5, 5.41) is 12.2. The summed E-state index contributed by atoms with van der Waals surface area (Å²) in [5.41, 5.74) is 5.51. The summed E-state index contributed by atoms with van der Waals surface area (Å²) in [5.74, 6) is 0. The van der Waals surface area contributed by atoms with Crippen LogP contribution in [0.4, 0.5) is 5.69 Å². The van der Waals surface area contributed by atoms with Gasteiger partial charge in [0.2, 0.25) is 0 Å². The van der Waals surface area contributed by atoms with Gasteiger partial charge in [-0.15, -0.1) is 0 Å². The fourth-order valence-corrected chi connectivity index (χ4v) is 1.81.